The molecule has 1 aliphatic rings. The highest BCUT2D eigenvalue weighted by atomic mass is 16.5. The fourth-order valence-corrected chi connectivity index (χ4v) is 2.03. The van der Waals surface area contributed by atoms with Gasteiger partial charge in [-0.1, -0.05) is 12.1 Å². The van der Waals surface area contributed by atoms with Crippen molar-refractivity contribution in [3.05, 3.63) is 29.8 Å². The van der Waals surface area contributed by atoms with Crippen LogP contribution < -0.4 is 4.74 Å². The van der Waals surface area contributed by atoms with E-state index in [0.29, 0.717) is 0 Å². The van der Waals surface area contributed by atoms with Gasteiger partial charge in [0.2, 0.25) is 0 Å². The first-order valence-corrected chi connectivity index (χ1v) is 5.42. The van der Waals surface area contributed by atoms with Gasteiger partial charge in [0.15, 0.2) is 0 Å². The second-order valence-corrected chi connectivity index (χ2v) is 4.68. The van der Waals surface area contributed by atoms with E-state index in [1.165, 1.54) is 5.56 Å². The first-order valence-electron chi connectivity index (χ1n) is 5.42. The van der Waals surface area contributed by atoms with Crippen LogP contribution in [0.25, 0.3) is 0 Å². The molecule has 1 fully saturated rings. The molecule has 1 saturated heterocycles. The molecule has 0 bridgehead atoms. The van der Waals surface area contributed by atoms with Crippen molar-refractivity contribution in [2.45, 2.75) is 38.4 Å². The van der Waals surface area contributed by atoms with Crippen LogP contribution in [0.1, 0.15) is 38.4 Å². The van der Waals surface area contributed by atoms with Crippen molar-refractivity contribution in [3.63, 3.8) is 0 Å². The van der Waals surface area contributed by atoms with Gasteiger partial charge in [-0.25, -0.2) is 0 Å². The summed E-state index contributed by atoms with van der Waals surface area (Å²) in [4.78, 5) is 0. The molecular formula is C13H18O2. The van der Waals surface area contributed by atoms with Crippen LogP contribution in [0.15, 0.2) is 24.3 Å². The van der Waals surface area contributed by atoms with E-state index < -0.39 is 0 Å². The number of rotatable bonds is 2. The van der Waals surface area contributed by atoms with Crippen molar-refractivity contribution in [1.82, 2.24) is 0 Å². The van der Waals surface area contributed by atoms with Crippen LogP contribution in [0.5, 0.6) is 5.75 Å². The molecule has 0 N–H and O–H groups in total. The second-order valence-electron chi connectivity index (χ2n) is 4.68. The van der Waals surface area contributed by atoms with Crippen LogP contribution in [0.2, 0.25) is 0 Å². The smallest absolute Gasteiger partial charge is 0.118 e. The molecule has 82 valence electrons. The van der Waals surface area contributed by atoms with Gasteiger partial charge in [-0.15, -0.1) is 0 Å². The molecule has 1 heterocycles. The fourth-order valence-electron chi connectivity index (χ4n) is 2.03. The minimum Gasteiger partial charge on any atom is -0.497 e. The van der Waals surface area contributed by atoms with E-state index in [9.17, 15) is 0 Å². The molecule has 1 unspecified atom stereocenters. The van der Waals surface area contributed by atoms with Crippen molar-refractivity contribution in [1.29, 1.82) is 0 Å². The quantitative estimate of drug-likeness (QED) is 0.739. The van der Waals surface area contributed by atoms with Gasteiger partial charge in [0, 0.05) is 0 Å². The van der Waals surface area contributed by atoms with Crippen molar-refractivity contribution in [2.75, 3.05) is 7.11 Å². The Morgan fingerprint density at radius 3 is 2.40 bits per heavy atom. The highest BCUT2D eigenvalue weighted by Crippen LogP contribution is 2.39. The van der Waals surface area contributed by atoms with E-state index in [-0.39, 0.29) is 11.7 Å². The molecule has 0 aliphatic carbocycles. The lowest BCUT2D eigenvalue weighted by atomic mass is 10.0. The van der Waals surface area contributed by atoms with Gasteiger partial charge in [0.1, 0.15) is 5.75 Å². The highest BCUT2D eigenvalue weighted by molar-refractivity contribution is 5.29. The summed E-state index contributed by atoms with van der Waals surface area (Å²) in [7, 11) is 1.68. The third-order valence-corrected chi connectivity index (χ3v) is 2.96. The molecule has 15 heavy (non-hydrogen) atoms. The maximum Gasteiger partial charge on any atom is 0.118 e. The normalized spacial score (nSPS) is 24.1. The Morgan fingerprint density at radius 2 is 1.93 bits per heavy atom. The number of ether oxygens (including phenoxy) is 2. The van der Waals surface area contributed by atoms with Crippen molar-refractivity contribution in [2.24, 2.45) is 0 Å². The van der Waals surface area contributed by atoms with Gasteiger partial charge in [-0.05, 0) is 44.4 Å². The lowest BCUT2D eigenvalue weighted by Gasteiger charge is -2.19. The molecule has 1 aliphatic heterocycles. The molecule has 0 amide bonds. The molecule has 0 aromatic heterocycles. The molecule has 0 saturated carbocycles. The van der Waals surface area contributed by atoms with Crippen LogP contribution in [-0.4, -0.2) is 12.7 Å². The maximum absolute atomic E-state index is 5.97. The van der Waals surface area contributed by atoms with Gasteiger partial charge in [-0.2, -0.15) is 0 Å². The third-order valence-electron chi connectivity index (χ3n) is 2.96. The van der Waals surface area contributed by atoms with Gasteiger partial charge >= 0.3 is 0 Å². The Balaban J connectivity index is 2.11. The number of benzene rings is 1. The summed E-state index contributed by atoms with van der Waals surface area (Å²) in [5.41, 5.74) is 1.28. The minimum absolute atomic E-state index is 0.0323. The van der Waals surface area contributed by atoms with Gasteiger partial charge < -0.3 is 9.47 Å². The minimum atomic E-state index is 0.0323. The molecule has 0 radical (unpaired) electrons. The van der Waals surface area contributed by atoms with Gasteiger partial charge in [-0.3, -0.25) is 0 Å². The van der Waals surface area contributed by atoms with E-state index >= 15 is 0 Å². The van der Waals surface area contributed by atoms with Crippen LogP contribution in [0, 0.1) is 0 Å². The standard InChI is InChI=1S/C13H18O2/c1-13(2)9-8-12(15-13)10-4-6-11(14-3)7-5-10/h4-7,12H,8-9H2,1-3H3. The first kappa shape index (κ1) is 10.5. The van der Waals surface area contributed by atoms with Crippen molar-refractivity contribution >= 4 is 0 Å². The Morgan fingerprint density at radius 1 is 1.27 bits per heavy atom. The topological polar surface area (TPSA) is 18.5 Å². The molecular weight excluding hydrogens is 188 g/mol. The summed E-state index contributed by atoms with van der Waals surface area (Å²) < 4.78 is 11.1. The SMILES string of the molecule is COc1ccc(C2CCC(C)(C)O2)cc1. The largest absolute Gasteiger partial charge is 0.497 e. The summed E-state index contributed by atoms with van der Waals surface area (Å²) in [6.45, 7) is 4.30. The van der Waals surface area contributed by atoms with Gasteiger partial charge in [0.05, 0.1) is 18.8 Å². The summed E-state index contributed by atoms with van der Waals surface area (Å²) >= 11 is 0. The average molecular weight is 206 g/mol. The van der Waals surface area contributed by atoms with Crippen LogP contribution in [0.4, 0.5) is 0 Å². The Bertz CT molecular complexity index is 327. The Hall–Kier alpha value is -1.02. The Labute approximate surface area is 91.2 Å². The lowest BCUT2D eigenvalue weighted by Crippen LogP contribution is -2.17. The Kier molecular flexibility index (Phi) is 2.70. The fraction of sp³-hybridized carbons (Fsp3) is 0.538. The average Bonchev–Trinajstić information content (AvgIpc) is 2.59. The number of hydrogen-bond donors (Lipinski definition) is 0. The number of methoxy groups -OCH3 is 1. The predicted octanol–water partition coefficient (Wildman–Crippen LogP) is 3.33. The van der Waals surface area contributed by atoms with Crippen LogP contribution in [0.3, 0.4) is 0 Å². The van der Waals surface area contributed by atoms with E-state index in [1.54, 1.807) is 7.11 Å². The van der Waals surface area contributed by atoms with Gasteiger partial charge in [0.25, 0.3) is 0 Å². The van der Waals surface area contributed by atoms with E-state index in [0.717, 1.165) is 18.6 Å². The third kappa shape index (κ3) is 2.32. The monoisotopic (exact) mass is 206 g/mol. The summed E-state index contributed by atoms with van der Waals surface area (Å²) in [6.07, 6.45) is 2.49. The van der Waals surface area contributed by atoms with Crippen molar-refractivity contribution < 1.29 is 9.47 Å². The summed E-state index contributed by atoms with van der Waals surface area (Å²) in [5, 5.41) is 0. The molecule has 0 spiro atoms. The van der Waals surface area contributed by atoms with Crippen LogP contribution >= 0.6 is 0 Å². The molecule has 2 nitrogen and oxygen atoms in total. The molecule has 1 aromatic rings. The molecule has 1 aromatic carbocycles. The molecule has 2 heteroatoms. The zero-order valence-electron chi connectivity index (χ0n) is 9.62. The summed E-state index contributed by atoms with van der Waals surface area (Å²) in [6, 6.07) is 8.16. The van der Waals surface area contributed by atoms with Crippen LogP contribution in [-0.2, 0) is 4.74 Å². The van der Waals surface area contributed by atoms with Crippen molar-refractivity contribution in [3.8, 4) is 5.75 Å². The first-order chi connectivity index (χ1) is 7.11. The second kappa shape index (κ2) is 3.86. The van der Waals surface area contributed by atoms with E-state index in [1.807, 2.05) is 12.1 Å². The molecule has 1 atom stereocenters. The molecule has 2 rings (SSSR count). The lowest BCUT2D eigenvalue weighted by molar-refractivity contribution is -0.0163. The highest BCUT2D eigenvalue weighted by Gasteiger charge is 2.32. The van der Waals surface area contributed by atoms with E-state index in [2.05, 4.69) is 26.0 Å². The summed E-state index contributed by atoms with van der Waals surface area (Å²) in [5.74, 6) is 0.899. The number of hydrogen-bond acceptors (Lipinski definition) is 2. The predicted molar refractivity (Wildman–Crippen MR) is 60.1 cm³/mol. The maximum atomic E-state index is 5.97. The zero-order chi connectivity index (χ0) is 10.9. The zero-order valence-corrected chi connectivity index (χ0v) is 9.62. The van der Waals surface area contributed by atoms with E-state index in [4.69, 9.17) is 9.47 Å².